The van der Waals surface area contributed by atoms with Crippen molar-refractivity contribution in [1.29, 1.82) is 0 Å². The Balaban J connectivity index is 2.18. The molecule has 0 aliphatic carbocycles. The first-order chi connectivity index (χ1) is 8.49. The van der Waals surface area contributed by atoms with Gasteiger partial charge in [0.05, 0.1) is 10.2 Å². The Hall–Kier alpha value is -0.880. The lowest BCUT2D eigenvalue weighted by Crippen LogP contribution is -1.94. The van der Waals surface area contributed by atoms with E-state index in [2.05, 4.69) is 20.9 Å². The zero-order valence-electron chi connectivity index (χ0n) is 9.76. The highest BCUT2D eigenvalue weighted by atomic mass is 79.9. The molecule has 0 unspecified atom stereocenters. The number of benzene rings is 1. The van der Waals surface area contributed by atoms with Crippen LogP contribution >= 0.6 is 27.7 Å². The quantitative estimate of drug-likeness (QED) is 0.605. The van der Waals surface area contributed by atoms with Gasteiger partial charge in [0.2, 0.25) is 0 Å². The Kier molecular flexibility index (Phi) is 4.07. The van der Waals surface area contributed by atoms with E-state index in [-0.39, 0.29) is 15.8 Å². The summed E-state index contributed by atoms with van der Waals surface area (Å²) in [5, 5.41) is 0.420. The number of halogens is 3. The summed E-state index contributed by atoms with van der Waals surface area (Å²) in [6, 6.07) is 2.58. The monoisotopic (exact) mass is 333 g/mol. The molecule has 96 valence electrons. The Bertz CT molecular complexity index is 566. The van der Waals surface area contributed by atoms with Gasteiger partial charge in [0.25, 0.3) is 5.22 Å². The summed E-state index contributed by atoms with van der Waals surface area (Å²) in [4.78, 5) is 4.15. The molecule has 0 aliphatic heterocycles. The predicted octanol–water partition coefficient (Wildman–Crippen LogP) is 4.62. The molecule has 0 N–H and O–H groups in total. The summed E-state index contributed by atoms with van der Waals surface area (Å²) >= 11 is 4.20. The highest BCUT2D eigenvalue weighted by Crippen LogP contribution is 2.29. The van der Waals surface area contributed by atoms with Crippen molar-refractivity contribution in [3.8, 4) is 0 Å². The second-order valence-electron chi connectivity index (χ2n) is 3.73. The SMILES string of the molecule is Cc1nc(SCc2c(F)ccc(Br)c2F)oc1C. The molecular weight excluding hydrogens is 324 g/mol. The number of aryl methyl sites for hydroxylation is 2. The first kappa shape index (κ1) is 13.5. The lowest BCUT2D eigenvalue weighted by Gasteiger charge is -2.04. The molecule has 1 aromatic carbocycles. The van der Waals surface area contributed by atoms with E-state index in [1.165, 1.54) is 23.9 Å². The van der Waals surface area contributed by atoms with Gasteiger partial charge in [-0.25, -0.2) is 13.8 Å². The van der Waals surface area contributed by atoms with Crippen LogP contribution in [-0.2, 0) is 5.75 Å². The van der Waals surface area contributed by atoms with Crippen LogP contribution in [0.5, 0.6) is 0 Å². The van der Waals surface area contributed by atoms with Gasteiger partial charge in [-0.05, 0) is 41.9 Å². The maximum Gasteiger partial charge on any atom is 0.256 e. The number of aromatic nitrogens is 1. The zero-order chi connectivity index (χ0) is 13.3. The van der Waals surface area contributed by atoms with Gasteiger partial charge in [-0.2, -0.15) is 0 Å². The highest BCUT2D eigenvalue weighted by molar-refractivity contribution is 9.10. The van der Waals surface area contributed by atoms with E-state index < -0.39 is 11.6 Å². The Labute approximate surface area is 116 Å². The fourth-order valence-corrected chi connectivity index (χ4v) is 2.63. The van der Waals surface area contributed by atoms with Crippen molar-refractivity contribution in [1.82, 2.24) is 4.98 Å². The molecule has 0 saturated carbocycles. The number of thioether (sulfide) groups is 1. The molecule has 1 heterocycles. The number of hydrogen-bond acceptors (Lipinski definition) is 3. The molecule has 0 saturated heterocycles. The number of hydrogen-bond donors (Lipinski definition) is 0. The molecule has 2 aromatic rings. The standard InChI is InChI=1S/C12H10BrF2NOS/c1-6-7(2)17-12(16-6)18-5-8-10(14)4-3-9(13)11(8)15/h3-4H,5H2,1-2H3. The summed E-state index contributed by atoms with van der Waals surface area (Å²) < 4.78 is 32.8. The van der Waals surface area contributed by atoms with Gasteiger partial charge >= 0.3 is 0 Å². The molecule has 18 heavy (non-hydrogen) atoms. The summed E-state index contributed by atoms with van der Waals surface area (Å²) in [5.41, 5.74) is 0.801. The van der Waals surface area contributed by atoms with E-state index in [1.54, 1.807) is 6.92 Å². The topological polar surface area (TPSA) is 26.0 Å². The summed E-state index contributed by atoms with van der Waals surface area (Å²) in [6.45, 7) is 3.62. The van der Waals surface area contributed by atoms with Crippen molar-refractivity contribution in [2.75, 3.05) is 0 Å². The normalized spacial score (nSPS) is 10.9. The molecule has 1 aromatic heterocycles. The lowest BCUT2D eigenvalue weighted by atomic mass is 10.2. The van der Waals surface area contributed by atoms with Gasteiger partial charge in [-0.3, -0.25) is 0 Å². The summed E-state index contributed by atoms with van der Waals surface area (Å²) in [5.74, 6) is -0.297. The third-order valence-electron chi connectivity index (χ3n) is 2.49. The van der Waals surface area contributed by atoms with Crippen LogP contribution in [0.25, 0.3) is 0 Å². The molecule has 0 atom stereocenters. The van der Waals surface area contributed by atoms with E-state index in [0.29, 0.717) is 11.0 Å². The number of rotatable bonds is 3. The lowest BCUT2D eigenvalue weighted by molar-refractivity contribution is 0.431. The van der Waals surface area contributed by atoms with Crippen LogP contribution in [0.3, 0.4) is 0 Å². The second kappa shape index (κ2) is 5.40. The molecule has 2 nitrogen and oxygen atoms in total. The molecule has 0 aliphatic rings. The van der Waals surface area contributed by atoms with Crippen LogP contribution in [-0.4, -0.2) is 4.98 Å². The van der Waals surface area contributed by atoms with Crippen LogP contribution in [0.1, 0.15) is 17.0 Å². The molecule has 0 radical (unpaired) electrons. The number of nitrogens with zero attached hydrogens (tertiary/aromatic N) is 1. The third-order valence-corrected chi connectivity index (χ3v) is 3.95. The predicted molar refractivity (Wildman–Crippen MR) is 69.6 cm³/mol. The van der Waals surface area contributed by atoms with Crippen molar-refractivity contribution in [2.45, 2.75) is 24.8 Å². The van der Waals surface area contributed by atoms with Gasteiger partial charge in [-0.15, -0.1) is 0 Å². The van der Waals surface area contributed by atoms with Crippen LogP contribution in [0, 0.1) is 25.5 Å². The van der Waals surface area contributed by atoms with E-state index in [0.717, 1.165) is 5.69 Å². The number of oxazole rings is 1. The van der Waals surface area contributed by atoms with Gasteiger partial charge in [-0.1, -0.05) is 11.8 Å². The molecule has 0 spiro atoms. The van der Waals surface area contributed by atoms with Crippen LogP contribution < -0.4 is 0 Å². The van der Waals surface area contributed by atoms with Crippen molar-refractivity contribution in [3.63, 3.8) is 0 Å². The summed E-state index contributed by atoms with van der Waals surface area (Å²) in [6.07, 6.45) is 0. The minimum absolute atomic E-state index is 0.0166. The third kappa shape index (κ3) is 2.75. The van der Waals surface area contributed by atoms with Crippen molar-refractivity contribution >= 4 is 27.7 Å². The van der Waals surface area contributed by atoms with Crippen LogP contribution in [0.15, 0.2) is 26.2 Å². The van der Waals surface area contributed by atoms with Crippen molar-refractivity contribution in [3.05, 3.63) is 45.3 Å². The first-order valence-corrected chi connectivity index (χ1v) is 6.96. The van der Waals surface area contributed by atoms with Crippen molar-refractivity contribution < 1.29 is 13.2 Å². The minimum Gasteiger partial charge on any atom is -0.437 e. The van der Waals surface area contributed by atoms with E-state index in [1.807, 2.05) is 6.92 Å². The molecule has 0 bridgehead atoms. The van der Waals surface area contributed by atoms with Gasteiger partial charge < -0.3 is 4.42 Å². The zero-order valence-corrected chi connectivity index (χ0v) is 12.2. The van der Waals surface area contributed by atoms with Gasteiger partial charge in [0.1, 0.15) is 17.4 Å². The van der Waals surface area contributed by atoms with Gasteiger partial charge in [0, 0.05) is 11.3 Å². The largest absolute Gasteiger partial charge is 0.437 e. The smallest absolute Gasteiger partial charge is 0.256 e. The second-order valence-corrected chi connectivity index (χ2v) is 5.51. The fourth-order valence-electron chi connectivity index (χ4n) is 1.34. The first-order valence-electron chi connectivity index (χ1n) is 5.18. The molecule has 0 amide bonds. The maximum atomic E-state index is 13.7. The fraction of sp³-hybridized carbons (Fsp3) is 0.250. The Morgan fingerprint density at radius 3 is 2.67 bits per heavy atom. The Morgan fingerprint density at radius 2 is 2.06 bits per heavy atom. The molecule has 2 rings (SSSR count). The molecule has 0 fully saturated rings. The van der Waals surface area contributed by atoms with E-state index >= 15 is 0 Å². The van der Waals surface area contributed by atoms with E-state index in [9.17, 15) is 8.78 Å². The highest BCUT2D eigenvalue weighted by Gasteiger charge is 2.14. The maximum absolute atomic E-state index is 13.7. The van der Waals surface area contributed by atoms with Crippen LogP contribution in [0.2, 0.25) is 0 Å². The minimum atomic E-state index is -0.581. The summed E-state index contributed by atoms with van der Waals surface area (Å²) in [7, 11) is 0. The van der Waals surface area contributed by atoms with Crippen LogP contribution in [0.4, 0.5) is 8.78 Å². The van der Waals surface area contributed by atoms with Crippen molar-refractivity contribution in [2.24, 2.45) is 0 Å². The van der Waals surface area contributed by atoms with E-state index in [4.69, 9.17) is 4.42 Å². The molecule has 6 heteroatoms. The average Bonchev–Trinajstić information content (AvgIpc) is 2.64. The average molecular weight is 334 g/mol. The molecular formula is C12H10BrF2NOS. The van der Waals surface area contributed by atoms with Gasteiger partial charge in [0.15, 0.2) is 0 Å². The Morgan fingerprint density at radius 1 is 1.33 bits per heavy atom.